The third-order valence-corrected chi connectivity index (χ3v) is 2.21. The van der Waals surface area contributed by atoms with Crippen molar-refractivity contribution >= 4 is 11.6 Å². The van der Waals surface area contributed by atoms with Gasteiger partial charge in [0.1, 0.15) is 17.5 Å². The summed E-state index contributed by atoms with van der Waals surface area (Å²) in [7, 11) is 0. The summed E-state index contributed by atoms with van der Waals surface area (Å²) in [6, 6.07) is 5.59. The molecule has 0 atom stereocenters. The van der Waals surface area contributed by atoms with Crippen LogP contribution in [-0.2, 0) is 0 Å². The zero-order valence-corrected chi connectivity index (χ0v) is 8.65. The van der Waals surface area contributed by atoms with Gasteiger partial charge in [0, 0.05) is 17.8 Å². The lowest BCUT2D eigenvalue weighted by atomic mass is 10.0. The maximum atomic E-state index is 13.0. The van der Waals surface area contributed by atoms with Crippen LogP contribution >= 0.6 is 0 Å². The Morgan fingerprint density at radius 1 is 1.18 bits per heavy atom. The van der Waals surface area contributed by atoms with E-state index in [0.717, 1.165) is 12.1 Å². The van der Waals surface area contributed by atoms with Crippen molar-refractivity contribution in [1.29, 1.82) is 0 Å². The van der Waals surface area contributed by atoms with E-state index in [2.05, 4.69) is 4.98 Å². The Hall–Kier alpha value is -2.30. The summed E-state index contributed by atoms with van der Waals surface area (Å²) < 4.78 is 25.9. The Morgan fingerprint density at radius 3 is 2.41 bits per heavy atom. The van der Waals surface area contributed by atoms with Gasteiger partial charge in [-0.1, -0.05) is 0 Å². The molecule has 0 radical (unpaired) electrons. The summed E-state index contributed by atoms with van der Waals surface area (Å²) >= 11 is 0. The van der Waals surface area contributed by atoms with Gasteiger partial charge in [0.15, 0.2) is 5.78 Å². The van der Waals surface area contributed by atoms with Crippen LogP contribution in [0.1, 0.15) is 15.9 Å². The fourth-order valence-electron chi connectivity index (χ4n) is 1.45. The Morgan fingerprint density at radius 2 is 1.82 bits per heavy atom. The highest BCUT2D eigenvalue weighted by Crippen LogP contribution is 2.16. The number of anilines is 1. The number of aromatic nitrogens is 1. The molecule has 0 saturated heterocycles. The summed E-state index contributed by atoms with van der Waals surface area (Å²) in [5.41, 5.74) is 5.54. The summed E-state index contributed by atoms with van der Waals surface area (Å²) in [5, 5.41) is 0. The summed E-state index contributed by atoms with van der Waals surface area (Å²) in [6.07, 6.45) is 1.43. The molecule has 86 valence electrons. The Bertz CT molecular complexity index is 564. The minimum atomic E-state index is -0.809. The quantitative estimate of drug-likeness (QED) is 0.810. The van der Waals surface area contributed by atoms with Gasteiger partial charge in [-0.2, -0.15) is 0 Å². The predicted molar refractivity (Wildman–Crippen MR) is 58.4 cm³/mol. The summed E-state index contributed by atoms with van der Waals surface area (Å²) in [6.45, 7) is 0. The smallest absolute Gasteiger partial charge is 0.196 e. The first-order valence-corrected chi connectivity index (χ1v) is 4.79. The number of benzene rings is 1. The van der Waals surface area contributed by atoms with E-state index in [1.807, 2.05) is 0 Å². The lowest BCUT2D eigenvalue weighted by molar-refractivity contribution is 0.103. The molecule has 1 heterocycles. The molecule has 3 nitrogen and oxygen atoms in total. The molecule has 1 aromatic carbocycles. The minimum absolute atomic E-state index is 0.0298. The van der Waals surface area contributed by atoms with Crippen molar-refractivity contribution < 1.29 is 13.6 Å². The molecule has 17 heavy (non-hydrogen) atoms. The SMILES string of the molecule is Nc1ncccc1C(=O)c1cc(F)cc(F)c1. The van der Waals surface area contributed by atoms with Gasteiger partial charge in [-0.05, 0) is 24.3 Å². The number of pyridine rings is 1. The van der Waals surface area contributed by atoms with Gasteiger partial charge in [0.05, 0.1) is 5.56 Å². The molecule has 5 heteroatoms. The van der Waals surface area contributed by atoms with E-state index in [9.17, 15) is 13.6 Å². The highest BCUT2D eigenvalue weighted by Gasteiger charge is 2.14. The molecule has 0 aliphatic carbocycles. The molecule has 0 bridgehead atoms. The van der Waals surface area contributed by atoms with Gasteiger partial charge in [0.2, 0.25) is 0 Å². The predicted octanol–water partition coefficient (Wildman–Crippen LogP) is 2.17. The van der Waals surface area contributed by atoms with Crippen LogP contribution < -0.4 is 5.73 Å². The van der Waals surface area contributed by atoms with E-state index >= 15 is 0 Å². The van der Waals surface area contributed by atoms with Crippen molar-refractivity contribution in [3.63, 3.8) is 0 Å². The third kappa shape index (κ3) is 2.28. The van der Waals surface area contributed by atoms with Crippen LogP contribution in [0, 0.1) is 11.6 Å². The number of nitrogen functional groups attached to an aromatic ring is 1. The number of ketones is 1. The number of nitrogens with zero attached hydrogens (tertiary/aromatic N) is 1. The van der Waals surface area contributed by atoms with Crippen molar-refractivity contribution in [3.8, 4) is 0 Å². The van der Waals surface area contributed by atoms with Crippen LogP contribution in [0.25, 0.3) is 0 Å². The van der Waals surface area contributed by atoms with E-state index in [-0.39, 0.29) is 16.9 Å². The highest BCUT2D eigenvalue weighted by molar-refractivity contribution is 6.11. The van der Waals surface area contributed by atoms with Gasteiger partial charge in [-0.25, -0.2) is 13.8 Å². The number of carbonyl (C=O) groups is 1. The van der Waals surface area contributed by atoms with E-state index < -0.39 is 17.4 Å². The molecular weight excluding hydrogens is 226 g/mol. The van der Waals surface area contributed by atoms with Crippen LogP contribution in [0.3, 0.4) is 0 Å². The van der Waals surface area contributed by atoms with Crippen molar-refractivity contribution in [3.05, 3.63) is 59.3 Å². The number of halogens is 2. The molecule has 0 fully saturated rings. The van der Waals surface area contributed by atoms with Gasteiger partial charge in [-0.15, -0.1) is 0 Å². The lowest BCUT2D eigenvalue weighted by Gasteiger charge is -2.04. The lowest BCUT2D eigenvalue weighted by Crippen LogP contribution is -2.07. The number of hydrogen-bond donors (Lipinski definition) is 1. The monoisotopic (exact) mass is 234 g/mol. The first-order chi connectivity index (χ1) is 8.08. The Kier molecular flexibility index (Phi) is 2.82. The van der Waals surface area contributed by atoms with Crippen LogP contribution in [0.2, 0.25) is 0 Å². The fraction of sp³-hybridized carbons (Fsp3) is 0. The second-order valence-corrected chi connectivity index (χ2v) is 3.42. The minimum Gasteiger partial charge on any atom is -0.383 e. The van der Waals surface area contributed by atoms with Crippen molar-refractivity contribution in [1.82, 2.24) is 4.98 Å². The van der Waals surface area contributed by atoms with Crippen molar-refractivity contribution in [2.24, 2.45) is 0 Å². The van der Waals surface area contributed by atoms with Crippen LogP contribution in [0.4, 0.5) is 14.6 Å². The molecule has 0 spiro atoms. The topological polar surface area (TPSA) is 56.0 Å². The Labute approximate surface area is 95.9 Å². The van der Waals surface area contributed by atoms with Crippen LogP contribution in [0.15, 0.2) is 36.5 Å². The zero-order chi connectivity index (χ0) is 12.4. The molecule has 2 N–H and O–H groups in total. The van der Waals surface area contributed by atoms with Crippen LogP contribution in [-0.4, -0.2) is 10.8 Å². The molecular formula is C12H8F2N2O. The van der Waals surface area contributed by atoms with E-state index in [4.69, 9.17) is 5.73 Å². The summed E-state index contributed by atoms with van der Waals surface area (Å²) in [5.74, 6) is -2.15. The average Bonchev–Trinajstić information content (AvgIpc) is 2.27. The van der Waals surface area contributed by atoms with E-state index in [0.29, 0.717) is 6.07 Å². The highest BCUT2D eigenvalue weighted by atomic mass is 19.1. The van der Waals surface area contributed by atoms with Gasteiger partial charge in [-0.3, -0.25) is 4.79 Å². The number of hydrogen-bond acceptors (Lipinski definition) is 3. The molecule has 2 rings (SSSR count). The van der Waals surface area contributed by atoms with Crippen molar-refractivity contribution in [2.45, 2.75) is 0 Å². The molecule has 2 aromatic rings. The maximum Gasteiger partial charge on any atom is 0.196 e. The van der Waals surface area contributed by atoms with Crippen LogP contribution in [0.5, 0.6) is 0 Å². The largest absolute Gasteiger partial charge is 0.383 e. The number of carbonyl (C=O) groups excluding carboxylic acids is 1. The van der Waals surface area contributed by atoms with E-state index in [1.54, 1.807) is 0 Å². The summed E-state index contributed by atoms with van der Waals surface area (Å²) in [4.78, 5) is 15.7. The molecule has 1 aromatic heterocycles. The van der Waals surface area contributed by atoms with E-state index in [1.165, 1.54) is 18.3 Å². The normalized spacial score (nSPS) is 10.2. The van der Waals surface area contributed by atoms with Gasteiger partial charge in [0.25, 0.3) is 0 Å². The number of rotatable bonds is 2. The molecule has 0 aliphatic rings. The second kappa shape index (κ2) is 4.29. The molecule has 0 amide bonds. The van der Waals surface area contributed by atoms with Gasteiger partial charge >= 0.3 is 0 Å². The average molecular weight is 234 g/mol. The van der Waals surface area contributed by atoms with Crippen molar-refractivity contribution in [2.75, 3.05) is 5.73 Å². The second-order valence-electron chi connectivity index (χ2n) is 3.42. The third-order valence-electron chi connectivity index (χ3n) is 2.21. The standard InChI is InChI=1S/C12H8F2N2O/c13-8-4-7(5-9(14)6-8)11(17)10-2-1-3-16-12(10)15/h1-6H,(H2,15,16). The number of nitrogens with two attached hydrogens (primary N) is 1. The molecule has 0 saturated carbocycles. The first-order valence-electron chi connectivity index (χ1n) is 4.79. The van der Waals surface area contributed by atoms with Gasteiger partial charge < -0.3 is 5.73 Å². The molecule has 0 aliphatic heterocycles. The first kappa shape index (κ1) is 11.2. The molecule has 0 unspecified atom stereocenters. The zero-order valence-electron chi connectivity index (χ0n) is 8.65. The fourth-order valence-corrected chi connectivity index (χ4v) is 1.45. The Balaban J connectivity index is 2.48. The maximum absolute atomic E-state index is 13.0.